The van der Waals surface area contributed by atoms with Crippen LogP contribution in [0.25, 0.3) is 27.4 Å². The van der Waals surface area contributed by atoms with Crippen LogP contribution >= 0.6 is 0 Å². The highest BCUT2D eigenvalue weighted by molar-refractivity contribution is 6.02. The Balaban J connectivity index is 1.35. The van der Waals surface area contributed by atoms with Gasteiger partial charge in [-0.3, -0.25) is 15.0 Å². The Bertz CT molecular complexity index is 1800. The first-order valence-electron chi connectivity index (χ1n) is 15.5. The molecule has 1 amide bonds. The van der Waals surface area contributed by atoms with Crippen LogP contribution in [0.15, 0.2) is 53.5 Å². The number of rotatable bonds is 9. The van der Waals surface area contributed by atoms with Gasteiger partial charge in [-0.1, -0.05) is 44.0 Å². The first-order valence-corrected chi connectivity index (χ1v) is 15.5. The summed E-state index contributed by atoms with van der Waals surface area (Å²) in [6.45, 7) is 3.77. The highest BCUT2D eigenvalue weighted by atomic mass is 19.1. The molecule has 3 aromatic carbocycles. The van der Waals surface area contributed by atoms with Gasteiger partial charge >= 0.3 is 0 Å². The van der Waals surface area contributed by atoms with Gasteiger partial charge in [0.1, 0.15) is 16.8 Å². The number of pyridine rings is 1. The highest BCUT2D eigenvalue weighted by Crippen LogP contribution is 2.46. The van der Waals surface area contributed by atoms with E-state index in [1.807, 2.05) is 36.4 Å². The number of anilines is 1. The minimum Gasteiger partial charge on any atom is -0.451 e. The average molecular weight is 599 g/mol. The lowest BCUT2D eigenvalue weighted by molar-refractivity contribution is 0.0938. The van der Waals surface area contributed by atoms with E-state index in [0.717, 1.165) is 49.3 Å². The number of halogens is 1. The molecule has 6 rings (SSSR count). The second kappa shape index (κ2) is 12.6. The van der Waals surface area contributed by atoms with Gasteiger partial charge in [0.25, 0.3) is 5.91 Å². The van der Waals surface area contributed by atoms with Crippen molar-refractivity contribution in [2.24, 2.45) is 11.8 Å². The molecular formula is C34H39FN6O3. The van der Waals surface area contributed by atoms with Crippen molar-refractivity contribution in [3.63, 3.8) is 0 Å². The Hall–Kier alpha value is -4.60. The summed E-state index contributed by atoms with van der Waals surface area (Å²) in [6, 6.07) is 13.0. The van der Waals surface area contributed by atoms with E-state index < -0.39 is 17.2 Å². The molecule has 1 aromatic heterocycles. The molecule has 2 unspecified atom stereocenters. The number of carbonyl (C=O) groups excluding carboxylic acids is 1. The van der Waals surface area contributed by atoms with Gasteiger partial charge in [0, 0.05) is 32.9 Å². The fraction of sp³-hybridized carbons (Fsp3) is 0.382. The zero-order valence-electron chi connectivity index (χ0n) is 25.2. The summed E-state index contributed by atoms with van der Waals surface area (Å²) in [4.78, 5) is 27.4. The van der Waals surface area contributed by atoms with Crippen molar-refractivity contribution in [1.82, 2.24) is 20.5 Å². The third kappa shape index (κ3) is 5.68. The molecule has 230 valence electrons. The number of unbranched alkanes of at least 4 members (excludes halogenated alkanes) is 1. The fourth-order valence-electron chi connectivity index (χ4n) is 6.46. The number of nitrogens with one attached hydrogen (secondary N) is 5. The number of carbonyl (C=O) groups is 1. The van der Waals surface area contributed by atoms with Crippen molar-refractivity contribution >= 4 is 39.2 Å². The second-order valence-electron chi connectivity index (χ2n) is 11.9. The van der Waals surface area contributed by atoms with Crippen LogP contribution in [-0.2, 0) is 0 Å². The number of hydrogen-bond acceptors (Lipinski definition) is 5. The maximum absolute atomic E-state index is 15.6. The zero-order valence-corrected chi connectivity index (χ0v) is 25.2. The molecule has 1 saturated carbocycles. The van der Waals surface area contributed by atoms with Crippen LogP contribution in [-0.4, -0.2) is 43.1 Å². The van der Waals surface area contributed by atoms with E-state index in [0.29, 0.717) is 48.5 Å². The van der Waals surface area contributed by atoms with E-state index in [9.17, 15) is 9.59 Å². The second-order valence-corrected chi connectivity index (χ2v) is 11.9. The standard InChI is InChI=1S/C34H39FN6O3/c1-3-4-12-38-29-26(35)16-24-30-32(29)44-28-15-23-11-6-5-10-22(23)14-27(28)41(30)19-25(31(24)42)33(43)39-17-20-8-7-9-21(13-20)18-40-34(36)37-2/h5-6,10-11,14-16,19-21,38H,3-4,7-9,12-13,17-18H2,1-2H3,(H,39,43)(H3,36,37,40). The Labute approximate surface area is 255 Å². The predicted molar refractivity (Wildman–Crippen MR) is 173 cm³/mol. The van der Waals surface area contributed by atoms with Gasteiger partial charge in [-0.15, -0.1) is 0 Å². The number of fused-ring (bicyclic) bond motifs is 3. The predicted octanol–water partition coefficient (Wildman–Crippen LogP) is 5.88. The van der Waals surface area contributed by atoms with E-state index in [-0.39, 0.29) is 28.3 Å². The van der Waals surface area contributed by atoms with Crippen molar-refractivity contribution in [3.05, 3.63) is 70.3 Å². The van der Waals surface area contributed by atoms with Gasteiger partial charge in [0.05, 0.1) is 11.1 Å². The lowest BCUT2D eigenvalue weighted by Crippen LogP contribution is -2.39. The maximum atomic E-state index is 15.6. The summed E-state index contributed by atoms with van der Waals surface area (Å²) in [5, 5.41) is 21.9. The number of amides is 1. The topological polar surface area (TPSA) is 120 Å². The van der Waals surface area contributed by atoms with E-state index in [4.69, 9.17) is 10.1 Å². The van der Waals surface area contributed by atoms with Crippen LogP contribution in [0.1, 0.15) is 55.8 Å². The number of hydrogen-bond donors (Lipinski definition) is 5. The number of nitrogens with zero attached hydrogens (tertiary/aromatic N) is 1. The van der Waals surface area contributed by atoms with Crippen LogP contribution < -0.4 is 31.4 Å². The first-order chi connectivity index (χ1) is 21.4. The average Bonchev–Trinajstić information content (AvgIpc) is 3.04. The molecule has 2 atom stereocenters. The van der Waals surface area contributed by atoms with Crippen molar-refractivity contribution < 1.29 is 13.9 Å². The number of guanidine groups is 1. The Morgan fingerprint density at radius 2 is 1.82 bits per heavy atom. The Morgan fingerprint density at radius 1 is 1.09 bits per heavy atom. The lowest BCUT2D eigenvalue weighted by Gasteiger charge is -2.29. The van der Waals surface area contributed by atoms with Crippen molar-refractivity contribution in [3.8, 4) is 17.2 Å². The minimum atomic E-state index is -0.595. The molecule has 9 nitrogen and oxygen atoms in total. The summed E-state index contributed by atoms with van der Waals surface area (Å²) < 4.78 is 23.8. The smallest absolute Gasteiger partial charge is 0.256 e. The van der Waals surface area contributed by atoms with Gasteiger partial charge in [0.2, 0.25) is 5.43 Å². The molecule has 1 fully saturated rings. The lowest BCUT2D eigenvalue weighted by atomic mass is 9.81. The fourth-order valence-corrected chi connectivity index (χ4v) is 6.46. The molecule has 0 spiro atoms. The van der Waals surface area contributed by atoms with Crippen LogP contribution in [0.5, 0.6) is 11.5 Å². The summed E-state index contributed by atoms with van der Waals surface area (Å²) in [5.41, 5.74) is 0.757. The Morgan fingerprint density at radius 3 is 2.55 bits per heavy atom. The molecule has 1 aliphatic carbocycles. The molecule has 0 radical (unpaired) electrons. The molecule has 0 bridgehead atoms. The monoisotopic (exact) mass is 598 g/mol. The van der Waals surface area contributed by atoms with Gasteiger partial charge in [-0.25, -0.2) is 4.39 Å². The van der Waals surface area contributed by atoms with Crippen LogP contribution in [0, 0.1) is 23.1 Å². The van der Waals surface area contributed by atoms with Crippen molar-refractivity contribution in [1.29, 1.82) is 5.41 Å². The molecule has 0 saturated heterocycles. The van der Waals surface area contributed by atoms with Gasteiger partial charge < -0.3 is 30.6 Å². The largest absolute Gasteiger partial charge is 0.451 e. The molecule has 1 aliphatic heterocycles. The van der Waals surface area contributed by atoms with E-state index in [1.54, 1.807) is 17.8 Å². The highest BCUT2D eigenvalue weighted by Gasteiger charge is 2.29. The summed E-state index contributed by atoms with van der Waals surface area (Å²) >= 11 is 0. The number of aromatic nitrogens is 1. The normalized spacial score (nSPS) is 17.1. The SMILES string of the molecule is CCCCNc1c(F)cc2c(=O)c(C(=O)NCC3CCCC(CNC(=N)NC)C3)cn3c2c1Oc1cc2ccccc2cc1-3. The molecule has 10 heteroatoms. The first kappa shape index (κ1) is 29.5. The maximum Gasteiger partial charge on any atom is 0.256 e. The molecule has 2 aliphatic rings. The third-order valence-corrected chi connectivity index (χ3v) is 8.83. The van der Waals surface area contributed by atoms with Crippen LogP contribution in [0.2, 0.25) is 0 Å². The van der Waals surface area contributed by atoms with Gasteiger partial charge in [-0.2, -0.15) is 0 Å². The van der Waals surface area contributed by atoms with E-state index >= 15 is 4.39 Å². The summed E-state index contributed by atoms with van der Waals surface area (Å²) in [6.07, 6.45) is 7.39. The van der Waals surface area contributed by atoms with Crippen molar-refractivity contribution in [2.75, 3.05) is 32.0 Å². The third-order valence-electron chi connectivity index (χ3n) is 8.83. The molecule has 2 heterocycles. The Kier molecular flexibility index (Phi) is 8.41. The molecule has 5 N–H and O–H groups in total. The molecule has 4 aromatic rings. The van der Waals surface area contributed by atoms with E-state index in [1.165, 1.54) is 6.07 Å². The number of benzene rings is 3. The quantitative estimate of drug-likeness (QED) is 0.0821. The summed E-state index contributed by atoms with van der Waals surface area (Å²) in [7, 11) is 1.71. The summed E-state index contributed by atoms with van der Waals surface area (Å²) in [5.74, 6) is 0.667. The van der Waals surface area contributed by atoms with Crippen molar-refractivity contribution in [2.45, 2.75) is 45.4 Å². The van der Waals surface area contributed by atoms with Crippen LogP contribution in [0.4, 0.5) is 10.1 Å². The van der Waals surface area contributed by atoms with Crippen LogP contribution in [0.3, 0.4) is 0 Å². The zero-order chi connectivity index (χ0) is 30.8. The van der Waals surface area contributed by atoms with E-state index in [2.05, 4.69) is 28.2 Å². The van der Waals surface area contributed by atoms with Gasteiger partial charge in [0.15, 0.2) is 23.3 Å². The molecule has 44 heavy (non-hydrogen) atoms. The minimum absolute atomic E-state index is 0.0351. The number of ether oxygens (including phenoxy) is 1. The van der Waals surface area contributed by atoms with Gasteiger partial charge in [-0.05, 0) is 66.5 Å². The molecular weight excluding hydrogens is 559 g/mol.